The molecule has 3 heterocycles. The van der Waals surface area contributed by atoms with Gasteiger partial charge in [-0.2, -0.15) is 5.06 Å². The molecule has 6 aromatic carbocycles. The van der Waals surface area contributed by atoms with Gasteiger partial charge in [-0.25, -0.2) is 10.0 Å². The zero-order chi connectivity index (χ0) is 32.0. The molecule has 0 amide bonds. The summed E-state index contributed by atoms with van der Waals surface area (Å²) >= 11 is 0. The van der Waals surface area contributed by atoms with Gasteiger partial charge in [-0.1, -0.05) is 91.0 Å². The topological polar surface area (TPSA) is 36.8 Å². The third-order valence-electron chi connectivity index (χ3n) is 8.98. The molecular weight excluding hydrogens is 590 g/mol. The van der Waals surface area contributed by atoms with E-state index in [1.54, 1.807) is 5.06 Å². The highest BCUT2D eigenvalue weighted by molar-refractivity contribution is 6.10. The van der Waals surface area contributed by atoms with E-state index in [2.05, 4.69) is 155 Å². The molecule has 0 saturated heterocycles. The first-order chi connectivity index (χ1) is 23.7. The Morgan fingerprint density at radius 1 is 0.521 bits per heavy atom. The molecule has 0 aliphatic carbocycles. The van der Waals surface area contributed by atoms with Crippen molar-refractivity contribution in [2.75, 3.05) is 22.1 Å². The summed E-state index contributed by atoms with van der Waals surface area (Å²) in [5.74, 6) is 0.877. The number of para-hydroxylation sites is 4. The minimum atomic E-state index is 0.877. The average Bonchev–Trinajstić information content (AvgIpc) is 3.67. The maximum Gasteiger partial charge on any atom is 0.138 e. The van der Waals surface area contributed by atoms with Gasteiger partial charge >= 0.3 is 0 Å². The van der Waals surface area contributed by atoms with Crippen LogP contribution in [0, 0.1) is 0 Å². The average molecular weight is 622 g/mol. The lowest BCUT2D eigenvalue weighted by molar-refractivity contribution is 0.142. The summed E-state index contributed by atoms with van der Waals surface area (Å²) in [5, 5.41) is 6.04. The molecule has 0 atom stereocenters. The van der Waals surface area contributed by atoms with Crippen LogP contribution in [-0.2, 0) is 4.94 Å². The number of fused-ring (bicyclic) bond motifs is 4. The molecule has 9 rings (SSSR count). The molecule has 0 fully saturated rings. The quantitative estimate of drug-likeness (QED) is 0.185. The van der Waals surface area contributed by atoms with E-state index in [9.17, 15) is 0 Å². The van der Waals surface area contributed by atoms with Crippen molar-refractivity contribution in [3.8, 4) is 16.9 Å². The Morgan fingerprint density at radius 3 is 2.06 bits per heavy atom. The molecule has 0 bridgehead atoms. The van der Waals surface area contributed by atoms with Crippen molar-refractivity contribution in [2.45, 2.75) is 0 Å². The molecular formula is C42H31N5O. The summed E-state index contributed by atoms with van der Waals surface area (Å²) in [6.45, 7) is 0. The third-order valence-corrected chi connectivity index (χ3v) is 8.98. The number of nitrogens with zero attached hydrogens (tertiary/aromatic N) is 5. The van der Waals surface area contributed by atoms with E-state index in [1.807, 2.05) is 36.5 Å². The van der Waals surface area contributed by atoms with Gasteiger partial charge in [0, 0.05) is 41.1 Å². The predicted octanol–water partition coefficient (Wildman–Crippen LogP) is 10.7. The molecule has 6 heteroatoms. The van der Waals surface area contributed by atoms with Gasteiger partial charge < -0.3 is 4.90 Å². The van der Waals surface area contributed by atoms with Crippen LogP contribution in [0.5, 0.6) is 0 Å². The number of pyridine rings is 1. The molecule has 0 unspecified atom stereocenters. The molecule has 230 valence electrons. The first kappa shape index (κ1) is 27.9. The molecule has 8 aromatic rings. The van der Waals surface area contributed by atoms with Crippen molar-refractivity contribution in [2.24, 2.45) is 0 Å². The summed E-state index contributed by atoms with van der Waals surface area (Å²) < 4.78 is 2.28. The Bertz CT molecular complexity index is 2420. The molecule has 6 nitrogen and oxygen atoms in total. The molecule has 0 saturated carbocycles. The number of rotatable bonds is 6. The predicted molar refractivity (Wildman–Crippen MR) is 197 cm³/mol. The van der Waals surface area contributed by atoms with Crippen molar-refractivity contribution >= 4 is 55.9 Å². The number of hydrogen-bond acceptors (Lipinski definition) is 5. The summed E-state index contributed by atoms with van der Waals surface area (Å²) in [4.78, 5) is 13.4. The number of hydrogen-bond donors (Lipinski definition) is 0. The monoisotopic (exact) mass is 621 g/mol. The fourth-order valence-corrected chi connectivity index (χ4v) is 6.78. The standard InChI is InChI=1S/C42H31N5O/c1-44-39-21-10-11-22-40(39)47(48-44)35-18-12-17-33(28-35)45(32-15-6-3-7-16-32)34-23-24-37-36-19-8-9-20-38(36)46(41(37)29-34)42-27-31(25-26-43-42)30-13-4-2-5-14-30/h2-29H,1H3. The second kappa shape index (κ2) is 11.5. The van der Waals surface area contributed by atoms with Gasteiger partial charge in [-0.3, -0.25) is 4.57 Å². The first-order valence-electron chi connectivity index (χ1n) is 16.0. The zero-order valence-electron chi connectivity index (χ0n) is 26.3. The van der Waals surface area contributed by atoms with Crippen LogP contribution in [0.15, 0.2) is 170 Å². The van der Waals surface area contributed by atoms with Gasteiger partial charge in [-0.05, 0) is 83.9 Å². The highest BCUT2D eigenvalue weighted by Crippen LogP contribution is 2.44. The SMILES string of the molecule is CN1ON(c2cccc(N(c3ccccc3)c3ccc4c5ccccc5n(-c5cc(-c6ccccc6)ccn5)c4c3)c2)c2ccccc21. The smallest absolute Gasteiger partial charge is 0.138 e. The number of aromatic nitrogens is 2. The van der Waals surface area contributed by atoms with E-state index in [1.165, 1.54) is 10.8 Å². The number of hydroxylamine groups is 1. The van der Waals surface area contributed by atoms with E-state index in [-0.39, 0.29) is 0 Å². The highest BCUT2D eigenvalue weighted by atomic mass is 16.8. The van der Waals surface area contributed by atoms with E-state index in [0.717, 1.165) is 62.1 Å². The fraction of sp³-hybridized carbons (Fsp3) is 0.0238. The summed E-state index contributed by atoms with van der Waals surface area (Å²) in [6, 6.07) is 57.2. The van der Waals surface area contributed by atoms with Crippen LogP contribution in [0.25, 0.3) is 38.8 Å². The van der Waals surface area contributed by atoms with E-state index < -0.39 is 0 Å². The Hall–Kier alpha value is -6.37. The Labute approximate surface area is 278 Å². The Balaban J connectivity index is 1.22. The molecule has 0 spiro atoms. The van der Waals surface area contributed by atoms with Crippen molar-refractivity contribution < 1.29 is 4.94 Å². The first-order valence-corrected chi connectivity index (χ1v) is 16.0. The highest BCUT2D eigenvalue weighted by Gasteiger charge is 2.27. The van der Waals surface area contributed by atoms with Gasteiger partial charge in [0.1, 0.15) is 5.82 Å². The van der Waals surface area contributed by atoms with Crippen LogP contribution in [-0.4, -0.2) is 16.6 Å². The van der Waals surface area contributed by atoms with Crippen LogP contribution in [0.3, 0.4) is 0 Å². The Kier molecular flexibility index (Phi) is 6.66. The molecule has 1 aliphatic heterocycles. The van der Waals surface area contributed by atoms with Gasteiger partial charge in [0.15, 0.2) is 0 Å². The zero-order valence-corrected chi connectivity index (χ0v) is 26.3. The van der Waals surface area contributed by atoms with Gasteiger partial charge in [-0.15, -0.1) is 4.94 Å². The van der Waals surface area contributed by atoms with Crippen molar-refractivity contribution in [3.63, 3.8) is 0 Å². The fourth-order valence-electron chi connectivity index (χ4n) is 6.78. The lowest BCUT2D eigenvalue weighted by Crippen LogP contribution is -2.21. The lowest BCUT2D eigenvalue weighted by Gasteiger charge is -2.27. The van der Waals surface area contributed by atoms with Crippen LogP contribution in [0.4, 0.5) is 34.1 Å². The molecule has 0 N–H and O–H groups in total. The normalized spacial score (nSPS) is 12.5. The van der Waals surface area contributed by atoms with E-state index >= 15 is 0 Å². The molecule has 2 aromatic heterocycles. The minimum absolute atomic E-state index is 0.877. The summed E-state index contributed by atoms with van der Waals surface area (Å²) in [7, 11) is 1.93. The maximum absolute atomic E-state index is 6.20. The van der Waals surface area contributed by atoms with Crippen molar-refractivity contribution in [1.82, 2.24) is 9.55 Å². The summed E-state index contributed by atoms with van der Waals surface area (Å²) in [5.41, 5.74) is 10.5. The van der Waals surface area contributed by atoms with E-state index in [0.29, 0.717) is 0 Å². The van der Waals surface area contributed by atoms with Crippen LogP contribution in [0.2, 0.25) is 0 Å². The number of benzene rings is 6. The molecule has 0 radical (unpaired) electrons. The number of anilines is 6. The third kappa shape index (κ3) is 4.66. The molecule has 48 heavy (non-hydrogen) atoms. The van der Waals surface area contributed by atoms with Crippen LogP contribution in [0.1, 0.15) is 0 Å². The lowest BCUT2D eigenvalue weighted by atomic mass is 10.1. The Morgan fingerprint density at radius 2 is 1.21 bits per heavy atom. The minimum Gasteiger partial charge on any atom is -0.310 e. The van der Waals surface area contributed by atoms with Gasteiger partial charge in [0.2, 0.25) is 0 Å². The van der Waals surface area contributed by atoms with Gasteiger partial charge in [0.05, 0.1) is 28.1 Å². The maximum atomic E-state index is 6.20. The second-order valence-corrected chi connectivity index (χ2v) is 11.9. The van der Waals surface area contributed by atoms with Crippen molar-refractivity contribution in [3.05, 3.63) is 170 Å². The van der Waals surface area contributed by atoms with Crippen molar-refractivity contribution in [1.29, 1.82) is 0 Å². The molecule has 1 aliphatic rings. The van der Waals surface area contributed by atoms with Crippen LogP contribution >= 0.6 is 0 Å². The summed E-state index contributed by atoms with van der Waals surface area (Å²) in [6.07, 6.45) is 1.90. The largest absolute Gasteiger partial charge is 0.310 e. The van der Waals surface area contributed by atoms with Crippen LogP contribution < -0.4 is 15.0 Å². The van der Waals surface area contributed by atoms with E-state index in [4.69, 9.17) is 9.92 Å². The van der Waals surface area contributed by atoms with Gasteiger partial charge in [0.25, 0.3) is 0 Å². The second-order valence-electron chi connectivity index (χ2n) is 11.9.